The van der Waals surface area contributed by atoms with E-state index in [9.17, 15) is 4.79 Å². The Kier molecular flexibility index (Phi) is 1.95. The Morgan fingerprint density at radius 1 is 1.59 bits per heavy atom. The minimum absolute atomic E-state index is 0.189. The number of imidazole rings is 1. The molecule has 0 aromatic carbocycles. The first-order valence-electron chi connectivity index (χ1n) is 5.41. The van der Waals surface area contributed by atoms with Gasteiger partial charge < -0.3 is 14.5 Å². The van der Waals surface area contributed by atoms with Gasteiger partial charge in [0.1, 0.15) is 11.3 Å². The number of fused-ring (bicyclic) bond motifs is 3. The van der Waals surface area contributed by atoms with Crippen LogP contribution in [0.1, 0.15) is 23.1 Å². The highest BCUT2D eigenvalue weighted by Crippen LogP contribution is 2.21. The molecule has 3 rings (SSSR count). The highest BCUT2D eigenvalue weighted by atomic mass is 16.4. The predicted molar refractivity (Wildman–Crippen MR) is 63.4 cm³/mol. The fourth-order valence-electron chi connectivity index (χ4n) is 1.98. The summed E-state index contributed by atoms with van der Waals surface area (Å²) in [6.45, 7) is 2.04. The molecule has 0 aliphatic heterocycles. The number of rotatable bonds is 2. The maximum Gasteiger partial charge on any atom is 0.352 e. The first kappa shape index (κ1) is 9.89. The third-order valence-corrected chi connectivity index (χ3v) is 2.87. The van der Waals surface area contributed by atoms with Crippen LogP contribution in [0.4, 0.5) is 0 Å². The highest BCUT2D eigenvalue weighted by Gasteiger charge is 2.11. The summed E-state index contributed by atoms with van der Waals surface area (Å²) in [5, 5.41) is 9.79. The lowest BCUT2D eigenvalue weighted by atomic mass is 10.3. The Bertz CT molecular complexity index is 724. The van der Waals surface area contributed by atoms with Crippen molar-refractivity contribution < 1.29 is 9.90 Å². The van der Waals surface area contributed by atoms with Crippen molar-refractivity contribution >= 4 is 22.5 Å². The first-order valence-corrected chi connectivity index (χ1v) is 5.41. The molecular formula is C12H11N3O2. The number of aromatic amines is 1. The third kappa shape index (κ3) is 1.39. The van der Waals surface area contributed by atoms with Crippen LogP contribution in [-0.4, -0.2) is 25.4 Å². The lowest BCUT2D eigenvalue weighted by molar-refractivity contribution is 0.0691. The van der Waals surface area contributed by atoms with Crippen LogP contribution in [0.25, 0.3) is 16.6 Å². The van der Waals surface area contributed by atoms with Crippen LogP contribution in [0, 0.1) is 0 Å². The van der Waals surface area contributed by atoms with Crippen molar-refractivity contribution in [1.82, 2.24) is 14.4 Å². The normalized spacial score (nSPS) is 11.4. The number of nitrogens with one attached hydrogen (secondary N) is 1. The second-order valence-corrected chi connectivity index (χ2v) is 3.95. The molecule has 0 saturated carbocycles. The van der Waals surface area contributed by atoms with Crippen molar-refractivity contribution in [2.45, 2.75) is 13.3 Å². The van der Waals surface area contributed by atoms with Crippen LogP contribution in [0.15, 0.2) is 24.5 Å². The van der Waals surface area contributed by atoms with Gasteiger partial charge in [0.15, 0.2) is 0 Å². The summed E-state index contributed by atoms with van der Waals surface area (Å²) < 4.78 is 1.92. The van der Waals surface area contributed by atoms with Crippen molar-refractivity contribution in [3.63, 3.8) is 0 Å². The number of H-pyrrole nitrogens is 1. The molecule has 3 aromatic rings. The van der Waals surface area contributed by atoms with E-state index < -0.39 is 5.97 Å². The Morgan fingerprint density at radius 2 is 2.41 bits per heavy atom. The molecule has 5 heteroatoms. The molecule has 0 atom stereocenters. The third-order valence-electron chi connectivity index (χ3n) is 2.87. The molecule has 3 aromatic heterocycles. The zero-order chi connectivity index (χ0) is 12.0. The van der Waals surface area contributed by atoms with E-state index in [4.69, 9.17) is 5.11 Å². The van der Waals surface area contributed by atoms with Gasteiger partial charge in [0.2, 0.25) is 0 Å². The summed E-state index contributed by atoms with van der Waals surface area (Å²) in [4.78, 5) is 18.3. The number of aryl methyl sites for hydroxylation is 1. The van der Waals surface area contributed by atoms with E-state index in [0.717, 1.165) is 28.7 Å². The number of carboxylic acids is 1. The number of carbonyl (C=O) groups is 1. The number of nitrogens with zero attached hydrogens (tertiary/aromatic N) is 2. The zero-order valence-corrected chi connectivity index (χ0v) is 9.27. The molecule has 0 bridgehead atoms. The molecule has 0 saturated heterocycles. The van der Waals surface area contributed by atoms with E-state index in [-0.39, 0.29) is 5.69 Å². The molecule has 0 fully saturated rings. The van der Waals surface area contributed by atoms with Crippen LogP contribution in [0.5, 0.6) is 0 Å². The molecule has 2 N–H and O–H groups in total. The van der Waals surface area contributed by atoms with Gasteiger partial charge in [0.25, 0.3) is 0 Å². The summed E-state index contributed by atoms with van der Waals surface area (Å²) >= 11 is 0. The van der Waals surface area contributed by atoms with E-state index in [1.165, 1.54) is 0 Å². The van der Waals surface area contributed by atoms with Crippen LogP contribution in [0.2, 0.25) is 0 Å². The van der Waals surface area contributed by atoms with Gasteiger partial charge >= 0.3 is 5.97 Å². The number of carboxylic acid groups (broad SMARTS) is 1. The minimum Gasteiger partial charge on any atom is -0.477 e. The van der Waals surface area contributed by atoms with Gasteiger partial charge in [-0.3, -0.25) is 0 Å². The minimum atomic E-state index is -0.957. The molecule has 3 heterocycles. The van der Waals surface area contributed by atoms with E-state index in [1.807, 2.05) is 29.8 Å². The molecule has 5 nitrogen and oxygen atoms in total. The Morgan fingerprint density at radius 3 is 3.12 bits per heavy atom. The predicted octanol–water partition coefficient (Wildman–Crippen LogP) is 2.08. The molecule has 17 heavy (non-hydrogen) atoms. The largest absolute Gasteiger partial charge is 0.477 e. The van der Waals surface area contributed by atoms with E-state index in [1.54, 1.807) is 6.07 Å². The van der Waals surface area contributed by atoms with Crippen molar-refractivity contribution in [3.05, 3.63) is 35.9 Å². The van der Waals surface area contributed by atoms with Gasteiger partial charge in [0.05, 0.1) is 11.2 Å². The van der Waals surface area contributed by atoms with Crippen LogP contribution < -0.4 is 0 Å². The number of aromatic nitrogens is 3. The van der Waals surface area contributed by atoms with Crippen molar-refractivity contribution in [3.8, 4) is 0 Å². The second kappa shape index (κ2) is 3.35. The summed E-state index contributed by atoms with van der Waals surface area (Å²) in [6, 6.07) is 3.48. The topological polar surface area (TPSA) is 70.4 Å². The Balaban J connectivity index is 2.37. The van der Waals surface area contributed by atoms with Gasteiger partial charge in [-0.15, -0.1) is 0 Å². The molecule has 0 radical (unpaired) electrons. The molecule has 0 aliphatic rings. The molecule has 0 amide bonds. The van der Waals surface area contributed by atoms with Gasteiger partial charge in [-0.05, 0) is 18.6 Å². The summed E-state index contributed by atoms with van der Waals surface area (Å²) in [5.74, 6) is -0.957. The maximum absolute atomic E-state index is 10.9. The quantitative estimate of drug-likeness (QED) is 0.706. The monoisotopic (exact) mass is 229 g/mol. The average Bonchev–Trinajstić information content (AvgIpc) is 2.91. The number of pyridine rings is 1. The summed E-state index contributed by atoms with van der Waals surface area (Å²) in [6.07, 6.45) is 4.70. The summed E-state index contributed by atoms with van der Waals surface area (Å²) in [7, 11) is 0. The van der Waals surface area contributed by atoms with Gasteiger partial charge in [-0.1, -0.05) is 6.92 Å². The molecular weight excluding hydrogens is 218 g/mol. The molecule has 0 spiro atoms. The van der Waals surface area contributed by atoms with Crippen LogP contribution in [0.3, 0.4) is 0 Å². The maximum atomic E-state index is 10.9. The van der Waals surface area contributed by atoms with Gasteiger partial charge in [0, 0.05) is 17.8 Å². The van der Waals surface area contributed by atoms with Gasteiger partial charge in [-0.25, -0.2) is 9.78 Å². The Labute approximate surface area is 96.7 Å². The Hall–Kier alpha value is -2.30. The number of hydrogen-bond donors (Lipinski definition) is 2. The fraction of sp³-hybridized carbons (Fsp3) is 0.167. The van der Waals surface area contributed by atoms with Crippen LogP contribution in [-0.2, 0) is 6.42 Å². The fourth-order valence-corrected chi connectivity index (χ4v) is 1.98. The molecule has 0 unspecified atom stereocenters. The zero-order valence-electron chi connectivity index (χ0n) is 9.27. The second-order valence-electron chi connectivity index (χ2n) is 3.95. The average molecular weight is 229 g/mol. The van der Waals surface area contributed by atoms with Crippen LogP contribution >= 0.6 is 0 Å². The van der Waals surface area contributed by atoms with Crippen molar-refractivity contribution in [2.75, 3.05) is 0 Å². The summed E-state index contributed by atoms with van der Waals surface area (Å²) in [5.41, 5.74) is 2.77. The standard InChI is InChI=1S/C12H11N3O2/c1-2-7-6-15-4-3-9-8(11(15)13-7)5-10(14-9)12(16)17/h3-6,14H,2H2,1H3,(H,16,17). The molecule has 86 valence electrons. The first-order chi connectivity index (χ1) is 8.19. The van der Waals surface area contributed by atoms with E-state index >= 15 is 0 Å². The van der Waals surface area contributed by atoms with Crippen molar-refractivity contribution in [2.24, 2.45) is 0 Å². The smallest absolute Gasteiger partial charge is 0.352 e. The lowest BCUT2D eigenvalue weighted by Crippen LogP contribution is -1.94. The number of hydrogen-bond acceptors (Lipinski definition) is 2. The lowest BCUT2D eigenvalue weighted by Gasteiger charge is -1.93. The van der Waals surface area contributed by atoms with Crippen molar-refractivity contribution in [1.29, 1.82) is 0 Å². The number of aromatic carboxylic acids is 1. The van der Waals surface area contributed by atoms with E-state index in [0.29, 0.717) is 0 Å². The highest BCUT2D eigenvalue weighted by molar-refractivity contribution is 5.99. The van der Waals surface area contributed by atoms with E-state index in [2.05, 4.69) is 9.97 Å². The molecule has 0 aliphatic carbocycles. The van der Waals surface area contributed by atoms with Gasteiger partial charge in [-0.2, -0.15) is 0 Å². The SMILES string of the molecule is CCc1cn2ccc3[nH]c(C(=O)O)cc3c2n1.